The van der Waals surface area contributed by atoms with E-state index in [1.165, 1.54) is 12.1 Å². The highest BCUT2D eigenvalue weighted by molar-refractivity contribution is 5.89. The first-order chi connectivity index (χ1) is 21.4. The van der Waals surface area contributed by atoms with E-state index in [1.807, 2.05) is 61.5 Å². The summed E-state index contributed by atoms with van der Waals surface area (Å²) in [7, 11) is 0. The normalized spacial score (nSPS) is 12.1. The highest BCUT2D eigenvalue weighted by Crippen LogP contribution is 2.30. The lowest BCUT2D eigenvalue weighted by atomic mass is 9.94. The van der Waals surface area contributed by atoms with E-state index >= 15 is 0 Å². The molecule has 3 aromatic carbocycles. The molecule has 9 heteroatoms. The Balaban J connectivity index is 1.37. The fourth-order valence-electron chi connectivity index (χ4n) is 5.25. The minimum Gasteiger partial charge on any atom is -0.444 e. The number of benzene rings is 3. The van der Waals surface area contributed by atoms with Crippen LogP contribution in [0.4, 0.5) is 13.6 Å². The van der Waals surface area contributed by atoms with Crippen molar-refractivity contribution < 1.29 is 23.1 Å². The molecule has 0 spiro atoms. The Labute approximate surface area is 261 Å². The number of aromatic amines is 1. The lowest BCUT2D eigenvalue weighted by Crippen LogP contribution is -2.32. The number of rotatable bonds is 9. The molecule has 0 bridgehead atoms. The van der Waals surface area contributed by atoms with Crippen molar-refractivity contribution in [1.82, 2.24) is 20.6 Å². The smallest absolute Gasteiger partial charge is 0.407 e. The largest absolute Gasteiger partial charge is 0.444 e. The standard InChI is InChI=1S/C36H36F2N4O3/c1-22-7-10-25(11-8-22)30-6-5-13-39-34(30)32(17-24-14-27(37)19-28(38)15-24)42-33(43)18-26-21-40-31-16-23(9-12-29(26)31)20-41-35(44)45-36(2,3)4/h5-16,19,21,32,40H,17-18,20H2,1-4H3,(H,41,44)(H,42,43)/t32-/m0/s1. The number of fused-ring (bicyclic) bond motifs is 1. The number of carbonyl (C=O) groups excluding carboxylic acids is 2. The van der Waals surface area contributed by atoms with E-state index in [9.17, 15) is 18.4 Å². The van der Waals surface area contributed by atoms with Gasteiger partial charge in [-0.05, 0) is 80.6 Å². The Morgan fingerprint density at radius 2 is 1.69 bits per heavy atom. The average Bonchev–Trinajstić information content (AvgIpc) is 3.36. The molecule has 45 heavy (non-hydrogen) atoms. The van der Waals surface area contributed by atoms with Gasteiger partial charge in [0.25, 0.3) is 0 Å². The molecule has 0 saturated heterocycles. The summed E-state index contributed by atoms with van der Waals surface area (Å²) in [4.78, 5) is 33.4. The van der Waals surface area contributed by atoms with Crippen molar-refractivity contribution in [1.29, 1.82) is 0 Å². The van der Waals surface area contributed by atoms with Crippen LogP contribution in [0.3, 0.4) is 0 Å². The number of carbonyl (C=O) groups is 2. The van der Waals surface area contributed by atoms with Crippen LogP contribution in [0.5, 0.6) is 0 Å². The van der Waals surface area contributed by atoms with E-state index in [1.54, 1.807) is 33.2 Å². The minimum absolute atomic E-state index is 0.0657. The van der Waals surface area contributed by atoms with Crippen LogP contribution in [-0.2, 0) is 28.9 Å². The zero-order valence-electron chi connectivity index (χ0n) is 25.7. The summed E-state index contributed by atoms with van der Waals surface area (Å²) < 4.78 is 33.6. The predicted molar refractivity (Wildman–Crippen MR) is 170 cm³/mol. The van der Waals surface area contributed by atoms with Crippen LogP contribution in [0.1, 0.15) is 54.8 Å². The first-order valence-electron chi connectivity index (χ1n) is 14.8. The first-order valence-corrected chi connectivity index (χ1v) is 14.8. The SMILES string of the molecule is Cc1ccc(-c2cccnc2[C@H](Cc2cc(F)cc(F)c2)NC(=O)Cc2c[nH]c3cc(CNC(=O)OC(C)(C)C)ccc23)cc1. The number of hydrogen-bond donors (Lipinski definition) is 3. The van der Waals surface area contributed by atoms with Gasteiger partial charge >= 0.3 is 6.09 Å². The minimum atomic E-state index is -0.686. The fourth-order valence-corrected chi connectivity index (χ4v) is 5.25. The van der Waals surface area contributed by atoms with Crippen molar-refractivity contribution >= 4 is 22.9 Å². The molecule has 0 unspecified atom stereocenters. The molecule has 5 rings (SSSR count). The van der Waals surface area contributed by atoms with Gasteiger partial charge in [0.2, 0.25) is 5.91 Å². The summed E-state index contributed by atoms with van der Waals surface area (Å²) in [6.07, 6.45) is 3.13. The molecule has 5 aromatic rings. The number of nitrogens with one attached hydrogen (secondary N) is 3. The van der Waals surface area contributed by atoms with Crippen LogP contribution in [-0.4, -0.2) is 27.6 Å². The van der Waals surface area contributed by atoms with Gasteiger partial charge in [-0.2, -0.15) is 0 Å². The predicted octanol–water partition coefficient (Wildman–Crippen LogP) is 7.48. The van der Waals surface area contributed by atoms with Crippen LogP contribution in [0.15, 0.2) is 85.2 Å². The number of amides is 2. The molecule has 0 aliphatic carbocycles. The molecule has 0 aliphatic heterocycles. The van der Waals surface area contributed by atoms with Crippen LogP contribution in [0, 0.1) is 18.6 Å². The van der Waals surface area contributed by atoms with E-state index in [4.69, 9.17) is 4.74 Å². The molecule has 0 fully saturated rings. The molecule has 0 saturated carbocycles. The first kappa shape index (κ1) is 31.4. The molecule has 2 amide bonds. The van der Waals surface area contributed by atoms with E-state index < -0.39 is 29.4 Å². The molecule has 0 radical (unpaired) electrons. The Morgan fingerprint density at radius 1 is 0.956 bits per heavy atom. The second-order valence-electron chi connectivity index (χ2n) is 12.1. The number of aromatic nitrogens is 2. The molecular weight excluding hydrogens is 574 g/mol. The van der Waals surface area contributed by atoms with Crippen LogP contribution < -0.4 is 10.6 Å². The number of alkyl carbamates (subject to hydrolysis) is 1. The summed E-state index contributed by atoms with van der Waals surface area (Å²) in [5, 5.41) is 6.71. The number of pyridine rings is 1. The van der Waals surface area contributed by atoms with Crippen molar-refractivity contribution in [2.24, 2.45) is 0 Å². The number of ether oxygens (including phenoxy) is 1. The molecule has 232 valence electrons. The third-order valence-electron chi connectivity index (χ3n) is 7.25. The number of nitrogens with zero attached hydrogens (tertiary/aromatic N) is 1. The monoisotopic (exact) mass is 610 g/mol. The van der Waals surface area contributed by atoms with Gasteiger partial charge in [0.05, 0.1) is 18.2 Å². The number of aryl methyl sites for hydroxylation is 1. The van der Waals surface area contributed by atoms with E-state index in [2.05, 4.69) is 20.6 Å². The number of hydrogen-bond acceptors (Lipinski definition) is 4. The third kappa shape index (κ3) is 8.32. The van der Waals surface area contributed by atoms with Gasteiger partial charge in [0.1, 0.15) is 17.2 Å². The quantitative estimate of drug-likeness (QED) is 0.161. The van der Waals surface area contributed by atoms with E-state index in [0.29, 0.717) is 11.3 Å². The van der Waals surface area contributed by atoms with Gasteiger partial charge < -0.3 is 20.4 Å². The van der Waals surface area contributed by atoms with E-state index in [0.717, 1.165) is 44.8 Å². The highest BCUT2D eigenvalue weighted by Gasteiger charge is 2.22. The van der Waals surface area contributed by atoms with Crippen molar-refractivity contribution in [3.05, 3.63) is 125 Å². The van der Waals surface area contributed by atoms with Crippen molar-refractivity contribution in [3.8, 4) is 11.1 Å². The van der Waals surface area contributed by atoms with Gasteiger partial charge in [-0.1, -0.05) is 48.0 Å². The summed E-state index contributed by atoms with van der Waals surface area (Å²) in [5.74, 6) is -1.64. The average molecular weight is 611 g/mol. The molecule has 2 heterocycles. The molecule has 2 aromatic heterocycles. The van der Waals surface area contributed by atoms with Crippen LogP contribution in [0.2, 0.25) is 0 Å². The van der Waals surface area contributed by atoms with E-state index in [-0.39, 0.29) is 25.3 Å². The van der Waals surface area contributed by atoms with Gasteiger partial charge in [0.15, 0.2) is 0 Å². The molecule has 3 N–H and O–H groups in total. The van der Waals surface area contributed by atoms with Crippen molar-refractivity contribution in [2.45, 2.75) is 58.7 Å². The summed E-state index contributed by atoms with van der Waals surface area (Å²) in [6.45, 7) is 7.70. The van der Waals surface area contributed by atoms with Gasteiger partial charge in [0, 0.05) is 41.5 Å². The topological polar surface area (TPSA) is 96.1 Å². The maximum Gasteiger partial charge on any atom is 0.407 e. The second kappa shape index (κ2) is 13.3. The zero-order valence-corrected chi connectivity index (χ0v) is 25.7. The molecular formula is C36H36F2N4O3. The lowest BCUT2D eigenvalue weighted by Gasteiger charge is -2.22. The molecule has 7 nitrogen and oxygen atoms in total. The summed E-state index contributed by atoms with van der Waals surface area (Å²) in [6, 6.07) is 20.1. The number of H-pyrrole nitrogens is 1. The van der Waals surface area contributed by atoms with Gasteiger partial charge in [-0.25, -0.2) is 13.6 Å². The van der Waals surface area contributed by atoms with Gasteiger partial charge in [-0.3, -0.25) is 9.78 Å². The molecule has 1 atom stereocenters. The Hall–Kier alpha value is -5.05. The van der Waals surface area contributed by atoms with Crippen molar-refractivity contribution in [2.75, 3.05) is 0 Å². The lowest BCUT2D eigenvalue weighted by molar-refractivity contribution is -0.121. The Bertz CT molecular complexity index is 1810. The summed E-state index contributed by atoms with van der Waals surface area (Å²) in [5.41, 5.74) is 5.72. The molecule has 0 aliphatic rings. The van der Waals surface area contributed by atoms with Crippen LogP contribution >= 0.6 is 0 Å². The van der Waals surface area contributed by atoms with Crippen LogP contribution in [0.25, 0.3) is 22.0 Å². The van der Waals surface area contributed by atoms with Gasteiger partial charge in [-0.15, -0.1) is 0 Å². The maximum atomic E-state index is 14.1. The zero-order chi connectivity index (χ0) is 32.1. The third-order valence-corrected chi connectivity index (χ3v) is 7.25. The Morgan fingerprint density at radius 3 is 2.40 bits per heavy atom. The fraction of sp³-hybridized carbons (Fsp3) is 0.250. The summed E-state index contributed by atoms with van der Waals surface area (Å²) >= 11 is 0. The highest BCUT2D eigenvalue weighted by atomic mass is 19.1. The van der Waals surface area contributed by atoms with Crippen molar-refractivity contribution in [3.63, 3.8) is 0 Å². The second-order valence-corrected chi connectivity index (χ2v) is 12.1. The maximum absolute atomic E-state index is 14.1. The Kier molecular flexibility index (Phi) is 9.27. The number of halogens is 2.